The highest BCUT2D eigenvalue weighted by Gasteiger charge is 2.42. The van der Waals surface area contributed by atoms with Crippen molar-refractivity contribution in [1.82, 2.24) is 10.6 Å². The number of carbonyl (C=O) groups is 1. The molecule has 0 bridgehead atoms. The summed E-state index contributed by atoms with van der Waals surface area (Å²) in [6, 6.07) is 8.49. The van der Waals surface area contributed by atoms with Crippen molar-refractivity contribution >= 4 is 18.3 Å². The molecule has 0 aromatic heterocycles. The fourth-order valence-electron chi connectivity index (χ4n) is 3.76. The first-order valence-electron chi connectivity index (χ1n) is 8.45. The molecule has 126 valence electrons. The molecular weight excluding hydrogens is 308 g/mol. The Hall–Kier alpha value is -1.32. The molecule has 3 rings (SSSR count). The number of benzene rings is 1. The summed E-state index contributed by atoms with van der Waals surface area (Å²) >= 11 is 0. The molecule has 1 amide bonds. The third kappa shape index (κ3) is 3.96. The van der Waals surface area contributed by atoms with Crippen LogP contribution in [0.2, 0.25) is 0 Å². The first-order chi connectivity index (χ1) is 10.7. The topological polar surface area (TPSA) is 41.1 Å². The molecule has 0 saturated heterocycles. The summed E-state index contributed by atoms with van der Waals surface area (Å²) < 4.78 is 0. The Morgan fingerprint density at radius 1 is 1.30 bits per heavy atom. The molecule has 1 aliphatic heterocycles. The molecule has 1 aliphatic carbocycles. The van der Waals surface area contributed by atoms with E-state index in [2.05, 4.69) is 47.9 Å². The van der Waals surface area contributed by atoms with E-state index >= 15 is 0 Å². The van der Waals surface area contributed by atoms with E-state index < -0.39 is 0 Å². The molecule has 0 radical (unpaired) electrons. The fourth-order valence-corrected chi connectivity index (χ4v) is 3.76. The van der Waals surface area contributed by atoms with Gasteiger partial charge in [-0.05, 0) is 38.3 Å². The third-order valence-electron chi connectivity index (χ3n) is 5.10. The van der Waals surface area contributed by atoms with Crippen LogP contribution in [0.5, 0.6) is 0 Å². The normalized spacial score (nSPS) is 19.6. The maximum atomic E-state index is 13.0. The number of aryl methyl sites for hydroxylation is 1. The molecule has 4 heteroatoms. The largest absolute Gasteiger partial charge is 0.352 e. The third-order valence-corrected chi connectivity index (χ3v) is 5.10. The van der Waals surface area contributed by atoms with Crippen LogP contribution >= 0.6 is 12.4 Å². The van der Waals surface area contributed by atoms with E-state index in [1.165, 1.54) is 16.7 Å². The molecule has 1 heterocycles. The number of rotatable bonds is 4. The van der Waals surface area contributed by atoms with Crippen molar-refractivity contribution in [3.63, 3.8) is 0 Å². The van der Waals surface area contributed by atoms with Crippen molar-refractivity contribution in [3.05, 3.63) is 47.0 Å². The number of carbonyl (C=O) groups excluding carboxylic acids is 1. The van der Waals surface area contributed by atoms with Crippen LogP contribution in [0.1, 0.15) is 43.2 Å². The van der Waals surface area contributed by atoms with Crippen molar-refractivity contribution < 1.29 is 4.79 Å². The second-order valence-electron chi connectivity index (χ2n) is 6.66. The maximum absolute atomic E-state index is 13.0. The first kappa shape index (κ1) is 18.0. The number of hydrogen-bond donors (Lipinski definition) is 2. The molecule has 23 heavy (non-hydrogen) atoms. The molecule has 0 unspecified atom stereocenters. The zero-order valence-electron chi connectivity index (χ0n) is 13.9. The van der Waals surface area contributed by atoms with Crippen LogP contribution in [-0.2, 0) is 10.2 Å². The predicted octanol–water partition coefficient (Wildman–Crippen LogP) is 3.26. The van der Waals surface area contributed by atoms with Gasteiger partial charge in [0.25, 0.3) is 0 Å². The van der Waals surface area contributed by atoms with Crippen LogP contribution in [0.15, 0.2) is 35.9 Å². The van der Waals surface area contributed by atoms with E-state index in [1.807, 2.05) is 0 Å². The van der Waals surface area contributed by atoms with Gasteiger partial charge in [-0.2, -0.15) is 0 Å². The van der Waals surface area contributed by atoms with Gasteiger partial charge in [-0.25, -0.2) is 0 Å². The molecule has 1 aromatic carbocycles. The Morgan fingerprint density at radius 3 is 2.74 bits per heavy atom. The Kier molecular flexibility index (Phi) is 6.25. The monoisotopic (exact) mass is 334 g/mol. The molecule has 2 aliphatic rings. The summed E-state index contributed by atoms with van der Waals surface area (Å²) in [4.78, 5) is 13.0. The van der Waals surface area contributed by atoms with Gasteiger partial charge in [0.1, 0.15) is 0 Å². The Morgan fingerprint density at radius 2 is 2.09 bits per heavy atom. The highest BCUT2D eigenvalue weighted by Crippen LogP contribution is 2.41. The molecule has 0 spiro atoms. The van der Waals surface area contributed by atoms with Crippen LogP contribution in [0, 0.1) is 6.92 Å². The lowest BCUT2D eigenvalue weighted by Gasteiger charge is -2.29. The zero-order valence-corrected chi connectivity index (χ0v) is 14.7. The van der Waals surface area contributed by atoms with Crippen molar-refractivity contribution in [2.24, 2.45) is 0 Å². The molecule has 2 N–H and O–H groups in total. The second-order valence-corrected chi connectivity index (χ2v) is 6.66. The van der Waals surface area contributed by atoms with Gasteiger partial charge in [0.2, 0.25) is 5.91 Å². The number of hydrogen-bond acceptors (Lipinski definition) is 2. The quantitative estimate of drug-likeness (QED) is 0.830. The Bertz CT molecular complexity index is 576. The van der Waals surface area contributed by atoms with Gasteiger partial charge in [0.15, 0.2) is 0 Å². The highest BCUT2D eigenvalue weighted by molar-refractivity contribution is 5.88. The first-order valence-corrected chi connectivity index (χ1v) is 8.45. The smallest absolute Gasteiger partial charge is 0.230 e. The SMILES string of the molecule is Cc1cccc(C2(C(=O)NCC3=CCNCC3)CCCC2)c1.Cl. The average molecular weight is 335 g/mol. The van der Waals surface area contributed by atoms with E-state index in [9.17, 15) is 4.79 Å². The van der Waals surface area contributed by atoms with Crippen LogP contribution in [0.3, 0.4) is 0 Å². The standard InChI is InChI=1S/C19H26N2O.ClH/c1-15-5-4-6-17(13-15)19(9-2-3-10-19)18(22)21-14-16-7-11-20-12-8-16;/h4-7,13,20H,2-3,8-12,14H2,1H3,(H,21,22);1H. The van der Waals surface area contributed by atoms with E-state index in [-0.39, 0.29) is 23.7 Å². The van der Waals surface area contributed by atoms with Crippen molar-refractivity contribution in [3.8, 4) is 0 Å². The van der Waals surface area contributed by atoms with Crippen molar-refractivity contribution in [2.45, 2.75) is 44.4 Å². The number of nitrogens with one attached hydrogen (secondary N) is 2. The summed E-state index contributed by atoms with van der Waals surface area (Å²) in [6.07, 6.45) is 7.49. The zero-order chi connectivity index (χ0) is 15.4. The van der Waals surface area contributed by atoms with Gasteiger partial charge in [-0.1, -0.05) is 54.3 Å². The lowest BCUT2D eigenvalue weighted by atomic mass is 9.77. The maximum Gasteiger partial charge on any atom is 0.230 e. The fraction of sp³-hybridized carbons (Fsp3) is 0.526. The van der Waals surface area contributed by atoms with Gasteiger partial charge >= 0.3 is 0 Å². The van der Waals surface area contributed by atoms with E-state index in [0.29, 0.717) is 6.54 Å². The second kappa shape index (κ2) is 7.98. The van der Waals surface area contributed by atoms with Crippen LogP contribution in [0.4, 0.5) is 0 Å². The summed E-state index contributed by atoms with van der Waals surface area (Å²) in [7, 11) is 0. The van der Waals surface area contributed by atoms with Crippen molar-refractivity contribution in [2.75, 3.05) is 19.6 Å². The van der Waals surface area contributed by atoms with Crippen molar-refractivity contribution in [1.29, 1.82) is 0 Å². The molecule has 1 fully saturated rings. The van der Waals surface area contributed by atoms with Gasteiger partial charge in [0.05, 0.1) is 5.41 Å². The average Bonchev–Trinajstić information content (AvgIpc) is 3.05. The lowest BCUT2D eigenvalue weighted by Crippen LogP contribution is -2.43. The Balaban J connectivity index is 0.00000192. The van der Waals surface area contributed by atoms with Crippen LogP contribution < -0.4 is 10.6 Å². The summed E-state index contributed by atoms with van der Waals surface area (Å²) in [5.74, 6) is 0.218. The minimum atomic E-state index is -0.306. The molecule has 1 aromatic rings. The van der Waals surface area contributed by atoms with Crippen LogP contribution in [0.25, 0.3) is 0 Å². The van der Waals surface area contributed by atoms with Gasteiger partial charge < -0.3 is 10.6 Å². The number of halogens is 1. The van der Waals surface area contributed by atoms with Gasteiger partial charge in [0, 0.05) is 13.1 Å². The van der Waals surface area contributed by atoms with E-state index in [0.717, 1.165) is 45.2 Å². The molecular formula is C19H27ClN2O. The molecule has 1 saturated carbocycles. The van der Waals surface area contributed by atoms with E-state index in [4.69, 9.17) is 0 Å². The van der Waals surface area contributed by atoms with Gasteiger partial charge in [-0.15, -0.1) is 12.4 Å². The molecule has 0 atom stereocenters. The minimum Gasteiger partial charge on any atom is -0.352 e. The number of amides is 1. The highest BCUT2D eigenvalue weighted by atomic mass is 35.5. The van der Waals surface area contributed by atoms with Gasteiger partial charge in [-0.3, -0.25) is 4.79 Å². The predicted molar refractivity (Wildman–Crippen MR) is 97.2 cm³/mol. The minimum absolute atomic E-state index is 0. The van der Waals surface area contributed by atoms with E-state index in [1.54, 1.807) is 0 Å². The summed E-state index contributed by atoms with van der Waals surface area (Å²) in [5.41, 5.74) is 3.48. The molecule has 3 nitrogen and oxygen atoms in total. The lowest BCUT2D eigenvalue weighted by molar-refractivity contribution is -0.126. The Labute approximate surface area is 145 Å². The summed E-state index contributed by atoms with van der Waals surface area (Å²) in [6.45, 7) is 4.75. The summed E-state index contributed by atoms with van der Waals surface area (Å²) in [5, 5.41) is 6.53. The van der Waals surface area contributed by atoms with Crippen LogP contribution in [-0.4, -0.2) is 25.5 Å².